The molecule has 0 heterocycles. The van der Waals surface area contributed by atoms with Crippen LogP contribution in [0.25, 0.3) is 0 Å². The normalized spacial score (nSPS) is 12.1. The average molecular weight is 318 g/mol. The van der Waals surface area contributed by atoms with Gasteiger partial charge in [0.2, 0.25) is 0 Å². The van der Waals surface area contributed by atoms with Gasteiger partial charge in [0.25, 0.3) is 5.69 Å². The zero-order valence-corrected chi connectivity index (χ0v) is 11.0. The number of halogens is 1. The number of hydrogen-bond acceptors (Lipinski definition) is 4. The minimum atomic E-state index is -1.88. The minimum Gasteiger partial charge on any atom is -0.479 e. The van der Waals surface area contributed by atoms with Crippen LogP contribution in [-0.4, -0.2) is 26.4 Å². The second-order valence-corrected chi connectivity index (χ2v) is 4.44. The number of benzene rings is 1. The van der Waals surface area contributed by atoms with Crippen LogP contribution in [0.4, 0.5) is 5.69 Å². The van der Waals surface area contributed by atoms with Crippen LogP contribution in [0.1, 0.15) is 23.7 Å². The number of aliphatic hydroxyl groups is 1. The summed E-state index contributed by atoms with van der Waals surface area (Å²) in [5.41, 5.74) is -0.0647. The van der Waals surface area contributed by atoms with Crippen molar-refractivity contribution < 1.29 is 19.9 Å². The topological polar surface area (TPSA) is 101 Å². The van der Waals surface area contributed by atoms with Gasteiger partial charge in [0.15, 0.2) is 6.10 Å². The first-order valence-corrected chi connectivity index (χ1v) is 6.34. The largest absolute Gasteiger partial charge is 0.479 e. The molecule has 0 aliphatic carbocycles. The molecule has 18 heavy (non-hydrogen) atoms. The predicted octanol–water partition coefficient (Wildman–Crippen LogP) is 2.04. The van der Waals surface area contributed by atoms with Crippen molar-refractivity contribution in [1.29, 1.82) is 0 Å². The standard InChI is InChI=1S/C11H12BrNO5/c12-6-2-4-7-3-1-5-8(9(7)13(17)18)10(14)11(15)16/h1,3,5,10,14H,2,4,6H2,(H,15,16). The highest BCUT2D eigenvalue weighted by molar-refractivity contribution is 9.09. The van der Waals surface area contributed by atoms with Crippen molar-refractivity contribution in [2.45, 2.75) is 18.9 Å². The van der Waals surface area contributed by atoms with Gasteiger partial charge in [-0.15, -0.1) is 0 Å². The van der Waals surface area contributed by atoms with E-state index in [4.69, 9.17) is 5.11 Å². The van der Waals surface area contributed by atoms with E-state index in [-0.39, 0.29) is 11.3 Å². The first-order valence-electron chi connectivity index (χ1n) is 5.22. The highest BCUT2D eigenvalue weighted by Gasteiger charge is 2.28. The maximum absolute atomic E-state index is 11.0. The third kappa shape index (κ3) is 3.27. The van der Waals surface area contributed by atoms with Gasteiger partial charge in [-0.3, -0.25) is 10.1 Å². The molecular formula is C11H12BrNO5. The van der Waals surface area contributed by atoms with Crippen molar-refractivity contribution >= 4 is 27.6 Å². The third-order valence-electron chi connectivity index (χ3n) is 2.44. The maximum atomic E-state index is 11.0. The summed E-state index contributed by atoms with van der Waals surface area (Å²) >= 11 is 3.23. The van der Waals surface area contributed by atoms with E-state index in [1.807, 2.05) is 0 Å². The molecule has 0 amide bonds. The highest BCUT2D eigenvalue weighted by Crippen LogP contribution is 2.30. The second kappa shape index (κ2) is 6.46. The number of carboxylic acid groups (broad SMARTS) is 1. The van der Waals surface area contributed by atoms with Crippen molar-refractivity contribution in [2.75, 3.05) is 5.33 Å². The van der Waals surface area contributed by atoms with Crippen LogP contribution in [0.15, 0.2) is 18.2 Å². The fourth-order valence-electron chi connectivity index (χ4n) is 1.65. The van der Waals surface area contributed by atoms with Crippen molar-refractivity contribution in [1.82, 2.24) is 0 Å². The van der Waals surface area contributed by atoms with Gasteiger partial charge in [0.1, 0.15) is 0 Å². The number of alkyl halides is 1. The van der Waals surface area contributed by atoms with Crippen molar-refractivity contribution in [2.24, 2.45) is 0 Å². The molecule has 1 aromatic rings. The predicted molar refractivity (Wildman–Crippen MR) is 67.8 cm³/mol. The lowest BCUT2D eigenvalue weighted by Crippen LogP contribution is -2.13. The summed E-state index contributed by atoms with van der Waals surface area (Å²) in [6, 6.07) is 4.34. The lowest BCUT2D eigenvalue weighted by Gasteiger charge is -2.09. The Bertz CT molecular complexity index is 463. The summed E-state index contributed by atoms with van der Waals surface area (Å²) in [7, 11) is 0. The quantitative estimate of drug-likeness (QED) is 0.475. The van der Waals surface area contributed by atoms with Crippen LogP contribution in [0, 0.1) is 10.1 Å². The summed E-state index contributed by atoms with van der Waals surface area (Å²) in [5, 5.41) is 29.9. The molecule has 1 unspecified atom stereocenters. The van der Waals surface area contributed by atoms with Crippen LogP contribution in [-0.2, 0) is 11.2 Å². The zero-order chi connectivity index (χ0) is 13.7. The molecule has 1 rings (SSSR count). The van der Waals surface area contributed by atoms with Crippen LogP contribution >= 0.6 is 15.9 Å². The molecule has 0 fully saturated rings. The summed E-state index contributed by atoms with van der Waals surface area (Å²) in [5.74, 6) is -1.50. The molecule has 0 aliphatic rings. The number of rotatable bonds is 6. The molecule has 0 aromatic heterocycles. The molecule has 0 saturated carbocycles. The Morgan fingerprint density at radius 2 is 2.17 bits per heavy atom. The van der Waals surface area contributed by atoms with Crippen molar-refractivity contribution in [3.63, 3.8) is 0 Å². The first kappa shape index (κ1) is 14.6. The number of hydrogen-bond donors (Lipinski definition) is 2. The fourth-order valence-corrected chi connectivity index (χ4v) is 1.93. The highest BCUT2D eigenvalue weighted by atomic mass is 79.9. The number of nitro groups is 1. The average Bonchev–Trinajstić information content (AvgIpc) is 2.34. The molecule has 1 aromatic carbocycles. The van der Waals surface area contributed by atoms with Gasteiger partial charge >= 0.3 is 5.97 Å². The number of carbonyl (C=O) groups is 1. The third-order valence-corrected chi connectivity index (χ3v) is 3.00. The van der Waals surface area contributed by atoms with Crippen molar-refractivity contribution in [3.05, 3.63) is 39.4 Å². The van der Waals surface area contributed by atoms with E-state index in [0.29, 0.717) is 23.7 Å². The Labute approximate surface area is 112 Å². The van der Waals surface area contributed by atoms with Gasteiger partial charge in [-0.25, -0.2) is 4.79 Å². The molecule has 7 heteroatoms. The van der Waals surface area contributed by atoms with E-state index >= 15 is 0 Å². The molecule has 0 radical (unpaired) electrons. The van der Waals surface area contributed by atoms with Crippen LogP contribution in [0.2, 0.25) is 0 Å². The van der Waals surface area contributed by atoms with E-state index in [2.05, 4.69) is 15.9 Å². The van der Waals surface area contributed by atoms with E-state index in [1.165, 1.54) is 12.1 Å². The fraction of sp³-hybridized carbons (Fsp3) is 0.364. The Morgan fingerprint density at radius 3 is 2.67 bits per heavy atom. The number of aryl methyl sites for hydroxylation is 1. The summed E-state index contributed by atoms with van der Waals surface area (Å²) in [4.78, 5) is 21.1. The smallest absolute Gasteiger partial charge is 0.337 e. The van der Waals surface area contributed by atoms with Gasteiger partial charge in [-0.05, 0) is 18.9 Å². The molecular weight excluding hydrogens is 306 g/mol. The Balaban J connectivity index is 3.25. The van der Waals surface area contributed by atoms with E-state index in [9.17, 15) is 20.0 Å². The molecule has 1 atom stereocenters. The van der Waals surface area contributed by atoms with E-state index in [0.717, 1.165) is 0 Å². The number of aliphatic carboxylic acids is 1. The molecule has 6 nitrogen and oxygen atoms in total. The van der Waals surface area contributed by atoms with Crippen LogP contribution < -0.4 is 0 Å². The number of carboxylic acids is 1. The monoisotopic (exact) mass is 317 g/mol. The molecule has 0 spiro atoms. The SMILES string of the molecule is O=C(O)C(O)c1cccc(CCCBr)c1[N+](=O)[O-]. The Morgan fingerprint density at radius 1 is 1.50 bits per heavy atom. The van der Waals surface area contributed by atoms with Gasteiger partial charge in [0, 0.05) is 10.9 Å². The van der Waals surface area contributed by atoms with E-state index in [1.54, 1.807) is 6.07 Å². The summed E-state index contributed by atoms with van der Waals surface area (Å²) in [6.07, 6.45) is -0.746. The lowest BCUT2D eigenvalue weighted by atomic mass is 10.00. The number of para-hydroxylation sites is 1. The summed E-state index contributed by atoms with van der Waals surface area (Å²) in [6.45, 7) is 0. The molecule has 0 saturated heterocycles. The number of nitro benzene ring substituents is 1. The van der Waals surface area contributed by atoms with Gasteiger partial charge < -0.3 is 10.2 Å². The summed E-state index contributed by atoms with van der Waals surface area (Å²) < 4.78 is 0. The lowest BCUT2D eigenvalue weighted by molar-refractivity contribution is -0.386. The minimum absolute atomic E-state index is 0.181. The van der Waals surface area contributed by atoms with Crippen LogP contribution in [0.5, 0.6) is 0 Å². The number of nitrogens with zero attached hydrogens (tertiary/aromatic N) is 1. The Hall–Kier alpha value is -1.47. The van der Waals surface area contributed by atoms with Crippen molar-refractivity contribution in [3.8, 4) is 0 Å². The Kier molecular flexibility index (Phi) is 5.24. The number of aliphatic hydroxyl groups excluding tert-OH is 1. The molecule has 0 aliphatic heterocycles. The molecule has 98 valence electrons. The van der Waals surface area contributed by atoms with E-state index < -0.39 is 17.0 Å². The first-order chi connectivity index (χ1) is 8.49. The molecule has 0 bridgehead atoms. The second-order valence-electron chi connectivity index (χ2n) is 3.65. The van der Waals surface area contributed by atoms with Gasteiger partial charge in [-0.1, -0.05) is 28.1 Å². The zero-order valence-electron chi connectivity index (χ0n) is 9.38. The van der Waals surface area contributed by atoms with Crippen LogP contribution in [0.3, 0.4) is 0 Å². The van der Waals surface area contributed by atoms with Gasteiger partial charge in [0.05, 0.1) is 10.5 Å². The van der Waals surface area contributed by atoms with Gasteiger partial charge in [-0.2, -0.15) is 0 Å². The maximum Gasteiger partial charge on any atom is 0.337 e. The molecule has 2 N–H and O–H groups in total.